The molecule has 0 N–H and O–H groups in total. The number of hydrogen-bond donors (Lipinski definition) is 0. The monoisotopic (exact) mass is 282 g/mol. The Balaban J connectivity index is 3.15. The maximum Gasteiger partial charge on any atom is 0.255 e. The largest absolute Gasteiger partial charge is 0.255 e. The third-order valence-corrected chi connectivity index (χ3v) is 3.35. The van der Waals surface area contributed by atoms with E-state index in [4.69, 9.17) is 11.6 Å². The number of halogens is 4. The van der Waals surface area contributed by atoms with Crippen LogP contribution in [-0.4, -0.2) is 6.43 Å². The molecule has 1 aromatic carbocycles. The summed E-state index contributed by atoms with van der Waals surface area (Å²) in [5, 5.41) is 0.385. The summed E-state index contributed by atoms with van der Waals surface area (Å²) >= 11 is 8.80. The Bertz CT molecular complexity index is 339. The van der Waals surface area contributed by atoms with Crippen LogP contribution in [0.25, 0.3) is 0 Å². The molecule has 0 aromatic heterocycles. The molecule has 0 aliphatic carbocycles. The van der Waals surface area contributed by atoms with Crippen molar-refractivity contribution in [3.05, 3.63) is 33.8 Å². The van der Waals surface area contributed by atoms with E-state index in [0.717, 1.165) is 11.1 Å². The summed E-state index contributed by atoms with van der Waals surface area (Å²) in [5.41, 5.74) is 2.42. The van der Waals surface area contributed by atoms with Crippen molar-refractivity contribution in [3.8, 4) is 0 Å². The standard InChI is InChI=1S/C10H10BrClF2/c1-5-3-7(9(11)10(13)14)8(12)4-6(5)2/h3-4,9-10H,1-2H3. The minimum absolute atomic E-state index is 0.385. The highest BCUT2D eigenvalue weighted by atomic mass is 79.9. The zero-order chi connectivity index (χ0) is 10.9. The Kier molecular flexibility index (Phi) is 3.90. The van der Waals surface area contributed by atoms with Crippen molar-refractivity contribution in [2.45, 2.75) is 25.1 Å². The lowest BCUT2D eigenvalue weighted by Gasteiger charge is -2.13. The number of alkyl halides is 3. The second kappa shape index (κ2) is 4.58. The van der Waals surface area contributed by atoms with E-state index in [0.29, 0.717) is 10.6 Å². The first kappa shape index (κ1) is 11.9. The van der Waals surface area contributed by atoms with Crippen molar-refractivity contribution in [1.82, 2.24) is 0 Å². The van der Waals surface area contributed by atoms with E-state index < -0.39 is 11.3 Å². The molecule has 14 heavy (non-hydrogen) atoms. The zero-order valence-corrected chi connectivity index (χ0v) is 10.2. The van der Waals surface area contributed by atoms with Gasteiger partial charge in [-0.3, -0.25) is 0 Å². The lowest BCUT2D eigenvalue weighted by molar-refractivity contribution is 0.147. The van der Waals surface area contributed by atoms with Gasteiger partial charge >= 0.3 is 0 Å². The third-order valence-electron chi connectivity index (χ3n) is 2.13. The highest BCUT2D eigenvalue weighted by Crippen LogP contribution is 2.35. The van der Waals surface area contributed by atoms with Crippen LogP contribution in [-0.2, 0) is 0 Å². The van der Waals surface area contributed by atoms with Gasteiger partial charge in [0.05, 0.1) is 0 Å². The Morgan fingerprint density at radius 2 is 1.71 bits per heavy atom. The number of hydrogen-bond acceptors (Lipinski definition) is 0. The Morgan fingerprint density at radius 1 is 1.21 bits per heavy atom. The molecule has 0 radical (unpaired) electrons. The molecule has 1 unspecified atom stereocenters. The van der Waals surface area contributed by atoms with Crippen molar-refractivity contribution < 1.29 is 8.78 Å². The van der Waals surface area contributed by atoms with Gasteiger partial charge in [-0.25, -0.2) is 8.78 Å². The predicted octanol–water partition coefficient (Wildman–Crippen LogP) is 4.66. The Hall–Kier alpha value is -0.150. The van der Waals surface area contributed by atoms with E-state index in [9.17, 15) is 8.78 Å². The summed E-state index contributed by atoms with van der Waals surface area (Å²) in [5.74, 6) is 0. The minimum atomic E-state index is -2.45. The minimum Gasteiger partial charge on any atom is -0.209 e. The smallest absolute Gasteiger partial charge is 0.209 e. The summed E-state index contributed by atoms with van der Waals surface area (Å²) in [6, 6.07) is 3.41. The molecule has 0 aliphatic rings. The molecule has 0 saturated carbocycles. The fraction of sp³-hybridized carbons (Fsp3) is 0.400. The van der Waals surface area contributed by atoms with Crippen LogP contribution in [0.1, 0.15) is 21.5 Å². The molecular weight excluding hydrogens is 273 g/mol. The molecule has 1 rings (SSSR count). The summed E-state index contributed by atoms with van der Waals surface area (Å²) in [6.45, 7) is 3.77. The van der Waals surface area contributed by atoms with Gasteiger partial charge in [0, 0.05) is 5.02 Å². The molecule has 0 amide bonds. The average Bonchev–Trinajstić information content (AvgIpc) is 2.10. The van der Waals surface area contributed by atoms with Crippen molar-refractivity contribution >= 4 is 27.5 Å². The third kappa shape index (κ3) is 2.45. The second-order valence-electron chi connectivity index (χ2n) is 3.19. The lowest BCUT2D eigenvalue weighted by Crippen LogP contribution is -2.03. The molecule has 1 atom stereocenters. The van der Waals surface area contributed by atoms with Gasteiger partial charge in [-0.2, -0.15) is 0 Å². The molecule has 0 aliphatic heterocycles. The number of benzene rings is 1. The van der Waals surface area contributed by atoms with Gasteiger partial charge < -0.3 is 0 Å². The molecule has 4 heteroatoms. The molecule has 1 aromatic rings. The molecule has 0 heterocycles. The van der Waals surface area contributed by atoms with Gasteiger partial charge in [-0.15, -0.1) is 0 Å². The topological polar surface area (TPSA) is 0 Å². The first-order chi connectivity index (χ1) is 6.43. The average molecular weight is 284 g/mol. The van der Waals surface area contributed by atoms with Crippen molar-refractivity contribution in [1.29, 1.82) is 0 Å². The van der Waals surface area contributed by atoms with Gasteiger partial charge in [-0.05, 0) is 36.6 Å². The molecular formula is C10H10BrClF2. The summed E-state index contributed by atoms with van der Waals surface area (Å²) < 4.78 is 24.8. The molecule has 0 saturated heterocycles. The Labute approximate surface area is 95.4 Å². The van der Waals surface area contributed by atoms with Crippen molar-refractivity contribution in [3.63, 3.8) is 0 Å². The van der Waals surface area contributed by atoms with Gasteiger partial charge in [0.15, 0.2) is 0 Å². The first-order valence-electron chi connectivity index (χ1n) is 4.12. The molecule has 78 valence electrons. The Morgan fingerprint density at radius 3 is 2.21 bits per heavy atom. The summed E-state index contributed by atoms with van der Waals surface area (Å²) in [7, 11) is 0. The maximum absolute atomic E-state index is 12.4. The van der Waals surface area contributed by atoms with Crippen LogP contribution in [0.5, 0.6) is 0 Å². The van der Waals surface area contributed by atoms with Crippen LogP contribution in [0.3, 0.4) is 0 Å². The highest BCUT2D eigenvalue weighted by molar-refractivity contribution is 9.09. The van der Waals surface area contributed by atoms with E-state index in [-0.39, 0.29) is 0 Å². The van der Waals surface area contributed by atoms with Crippen LogP contribution in [0, 0.1) is 13.8 Å². The molecule has 0 bridgehead atoms. The molecule has 0 nitrogen and oxygen atoms in total. The van der Waals surface area contributed by atoms with Crippen LogP contribution in [0.4, 0.5) is 8.78 Å². The molecule has 0 fully saturated rings. The fourth-order valence-corrected chi connectivity index (χ4v) is 2.00. The summed E-state index contributed by atoms with van der Waals surface area (Å²) in [4.78, 5) is -0.991. The zero-order valence-electron chi connectivity index (χ0n) is 7.82. The van der Waals surface area contributed by atoms with Crippen molar-refractivity contribution in [2.75, 3.05) is 0 Å². The quantitative estimate of drug-likeness (QED) is 0.693. The van der Waals surface area contributed by atoms with Crippen LogP contribution >= 0.6 is 27.5 Å². The first-order valence-corrected chi connectivity index (χ1v) is 5.41. The second-order valence-corrected chi connectivity index (χ2v) is 4.59. The highest BCUT2D eigenvalue weighted by Gasteiger charge is 2.21. The lowest BCUT2D eigenvalue weighted by atomic mass is 10.0. The van der Waals surface area contributed by atoms with E-state index >= 15 is 0 Å². The van der Waals surface area contributed by atoms with Crippen LogP contribution in [0.15, 0.2) is 12.1 Å². The maximum atomic E-state index is 12.4. The van der Waals surface area contributed by atoms with Gasteiger partial charge in [0.1, 0.15) is 4.83 Å². The number of aryl methyl sites for hydroxylation is 2. The van der Waals surface area contributed by atoms with E-state index in [1.165, 1.54) is 0 Å². The van der Waals surface area contributed by atoms with Gasteiger partial charge in [-0.1, -0.05) is 33.6 Å². The van der Waals surface area contributed by atoms with Gasteiger partial charge in [0.25, 0.3) is 6.43 Å². The number of rotatable bonds is 2. The fourth-order valence-electron chi connectivity index (χ4n) is 1.15. The van der Waals surface area contributed by atoms with E-state index in [1.807, 2.05) is 13.8 Å². The normalized spacial score (nSPS) is 13.4. The van der Waals surface area contributed by atoms with Gasteiger partial charge in [0.2, 0.25) is 0 Å². The SMILES string of the molecule is Cc1cc(Cl)c(C(Br)C(F)F)cc1C. The molecule has 0 spiro atoms. The van der Waals surface area contributed by atoms with E-state index in [1.54, 1.807) is 12.1 Å². The van der Waals surface area contributed by atoms with Crippen LogP contribution < -0.4 is 0 Å². The van der Waals surface area contributed by atoms with Crippen LogP contribution in [0.2, 0.25) is 5.02 Å². The van der Waals surface area contributed by atoms with Crippen molar-refractivity contribution in [2.24, 2.45) is 0 Å². The summed E-state index contributed by atoms with van der Waals surface area (Å²) in [6.07, 6.45) is -2.45. The predicted molar refractivity (Wildman–Crippen MR) is 58.6 cm³/mol. The van der Waals surface area contributed by atoms with E-state index in [2.05, 4.69) is 15.9 Å².